The summed E-state index contributed by atoms with van der Waals surface area (Å²) in [7, 11) is 0. The number of nitrogens with one attached hydrogen (secondary N) is 2. The Kier molecular flexibility index (Phi) is 4.86. The minimum Gasteiger partial charge on any atom is -0.343 e. The van der Waals surface area contributed by atoms with Crippen molar-refractivity contribution in [3.05, 3.63) is 75.8 Å². The highest BCUT2D eigenvalue weighted by atomic mass is 16.6. The van der Waals surface area contributed by atoms with Crippen LogP contribution < -0.4 is 10.2 Å². The smallest absolute Gasteiger partial charge is 0.270 e. The van der Waals surface area contributed by atoms with Gasteiger partial charge in [0, 0.05) is 29.7 Å². The second kappa shape index (κ2) is 7.23. The van der Waals surface area contributed by atoms with Crippen molar-refractivity contribution in [2.45, 2.75) is 19.0 Å². The minimum absolute atomic E-state index is 0.0644. The first-order valence-electron chi connectivity index (χ1n) is 8.04. The number of carbonyl (C=O) groups excluding carboxylic acids is 1. The molecule has 2 aromatic carbocycles. The van der Waals surface area contributed by atoms with E-state index < -0.39 is 4.92 Å². The maximum atomic E-state index is 12.3. The number of nitrogens with zero attached hydrogens (tertiary/aromatic N) is 1. The molecule has 0 spiro atoms. The molecule has 6 heteroatoms. The Morgan fingerprint density at radius 3 is 2.75 bits per heavy atom. The van der Waals surface area contributed by atoms with Crippen molar-refractivity contribution in [2.75, 3.05) is 13.1 Å². The zero-order valence-corrected chi connectivity index (χ0v) is 13.3. The molecule has 6 nitrogen and oxygen atoms in total. The van der Waals surface area contributed by atoms with Crippen LogP contribution in [0.1, 0.15) is 22.3 Å². The van der Waals surface area contributed by atoms with Gasteiger partial charge < -0.3 is 10.2 Å². The molecule has 0 saturated carbocycles. The molecule has 1 fully saturated rings. The third kappa shape index (κ3) is 3.97. The van der Waals surface area contributed by atoms with E-state index in [9.17, 15) is 14.9 Å². The summed E-state index contributed by atoms with van der Waals surface area (Å²) in [6.45, 7) is 2.83. The number of hydrogen-bond donors (Lipinski definition) is 2. The van der Waals surface area contributed by atoms with Gasteiger partial charge in [0.2, 0.25) is 0 Å². The third-order valence-electron chi connectivity index (χ3n) is 4.33. The summed E-state index contributed by atoms with van der Waals surface area (Å²) in [5, 5.41) is 13.8. The molecular weight excluding hydrogens is 306 g/mol. The van der Waals surface area contributed by atoms with Crippen LogP contribution in [0.15, 0.2) is 54.6 Å². The zero-order valence-electron chi connectivity index (χ0n) is 13.3. The van der Waals surface area contributed by atoms with Crippen molar-refractivity contribution in [3.63, 3.8) is 0 Å². The molecule has 1 aliphatic heterocycles. The maximum Gasteiger partial charge on any atom is 0.270 e. The molecule has 0 bridgehead atoms. The minimum atomic E-state index is -0.488. The monoisotopic (exact) mass is 326 g/mol. The highest BCUT2D eigenvalue weighted by molar-refractivity contribution is 5.95. The first-order valence-corrected chi connectivity index (χ1v) is 8.04. The lowest BCUT2D eigenvalue weighted by Crippen LogP contribution is -3.09. The molecule has 3 rings (SSSR count). The van der Waals surface area contributed by atoms with E-state index in [1.54, 1.807) is 6.07 Å². The van der Waals surface area contributed by atoms with E-state index in [0.29, 0.717) is 5.56 Å². The van der Waals surface area contributed by atoms with Gasteiger partial charge >= 0.3 is 0 Å². The molecule has 2 N–H and O–H groups in total. The number of nitro groups is 1. The molecule has 2 atom stereocenters. The molecular formula is C18H20N3O3+. The van der Waals surface area contributed by atoms with E-state index >= 15 is 0 Å². The van der Waals surface area contributed by atoms with Crippen molar-refractivity contribution in [2.24, 2.45) is 0 Å². The Bertz CT molecular complexity index is 733. The van der Waals surface area contributed by atoms with Gasteiger partial charge in [-0.3, -0.25) is 14.9 Å². The molecule has 124 valence electrons. The van der Waals surface area contributed by atoms with Gasteiger partial charge in [-0.1, -0.05) is 36.4 Å². The van der Waals surface area contributed by atoms with Gasteiger partial charge in [0.25, 0.3) is 11.6 Å². The van der Waals surface area contributed by atoms with Crippen molar-refractivity contribution < 1.29 is 14.6 Å². The summed E-state index contributed by atoms with van der Waals surface area (Å²) >= 11 is 0. The molecule has 2 aromatic rings. The molecule has 1 saturated heterocycles. The number of carbonyl (C=O) groups is 1. The van der Waals surface area contributed by atoms with E-state index in [1.807, 2.05) is 18.2 Å². The Labute approximate surface area is 140 Å². The van der Waals surface area contributed by atoms with Crippen molar-refractivity contribution in [1.29, 1.82) is 0 Å². The lowest BCUT2D eigenvalue weighted by Gasteiger charge is -2.14. The van der Waals surface area contributed by atoms with Gasteiger partial charge in [-0.05, 0) is 6.07 Å². The quantitative estimate of drug-likeness (QED) is 0.640. The Hall–Kier alpha value is -2.73. The van der Waals surface area contributed by atoms with Crippen LogP contribution in [0, 0.1) is 10.1 Å². The lowest BCUT2D eigenvalue weighted by molar-refractivity contribution is -0.901. The molecule has 0 aromatic heterocycles. The van der Waals surface area contributed by atoms with Gasteiger partial charge in [-0.2, -0.15) is 0 Å². The second-order valence-electron chi connectivity index (χ2n) is 6.13. The van der Waals surface area contributed by atoms with Crippen LogP contribution in [-0.2, 0) is 6.54 Å². The number of amides is 1. The second-order valence-corrected chi connectivity index (χ2v) is 6.13. The first-order chi connectivity index (χ1) is 11.6. The summed E-state index contributed by atoms with van der Waals surface area (Å²) in [4.78, 5) is 24.1. The normalized spacial score (nSPS) is 19.8. The highest BCUT2D eigenvalue weighted by Crippen LogP contribution is 2.13. The first kappa shape index (κ1) is 16.1. The van der Waals surface area contributed by atoms with Gasteiger partial charge in [-0.25, -0.2) is 0 Å². The average Bonchev–Trinajstić information content (AvgIpc) is 3.02. The van der Waals surface area contributed by atoms with Crippen molar-refractivity contribution in [1.82, 2.24) is 5.32 Å². The highest BCUT2D eigenvalue weighted by Gasteiger charge is 2.27. The van der Waals surface area contributed by atoms with Crippen molar-refractivity contribution in [3.8, 4) is 0 Å². The summed E-state index contributed by atoms with van der Waals surface area (Å²) in [6, 6.07) is 16.3. The number of non-ortho nitro benzene ring substituents is 1. The number of nitro benzene ring substituents is 1. The zero-order chi connectivity index (χ0) is 16.9. The number of quaternary nitrogens is 1. The fourth-order valence-corrected chi connectivity index (χ4v) is 3.13. The van der Waals surface area contributed by atoms with Gasteiger partial charge in [0.15, 0.2) is 0 Å². The van der Waals surface area contributed by atoms with Crippen molar-refractivity contribution >= 4 is 11.6 Å². The lowest BCUT2D eigenvalue weighted by atomic mass is 10.1. The molecule has 1 heterocycles. The Morgan fingerprint density at radius 2 is 2.00 bits per heavy atom. The van der Waals surface area contributed by atoms with Gasteiger partial charge in [0.1, 0.15) is 6.54 Å². The Balaban J connectivity index is 1.56. The largest absolute Gasteiger partial charge is 0.343 e. The summed E-state index contributed by atoms with van der Waals surface area (Å²) in [5.74, 6) is -0.246. The topological polar surface area (TPSA) is 76.7 Å². The predicted molar refractivity (Wildman–Crippen MR) is 89.8 cm³/mol. The van der Waals surface area contributed by atoms with E-state index in [0.717, 1.165) is 26.1 Å². The van der Waals surface area contributed by atoms with Crippen LogP contribution >= 0.6 is 0 Å². The predicted octanol–water partition coefficient (Wildman–Crippen LogP) is 1.18. The van der Waals surface area contributed by atoms with Crippen LogP contribution in [0.3, 0.4) is 0 Å². The van der Waals surface area contributed by atoms with Crippen LogP contribution in [0.25, 0.3) is 0 Å². The summed E-state index contributed by atoms with van der Waals surface area (Å²) in [6.07, 6.45) is 0.919. The third-order valence-corrected chi connectivity index (χ3v) is 4.33. The van der Waals surface area contributed by atoms with E-state index in [4.69, 9.17) is 0 Å². The average molecular weight is 326 g/mol. The number of benzene rings is 2. The molecule has 1 aliphatic rings. The van der Waals surface area contributed by atoms with E-state index in [1.165, 1.54) is 28.7 Å². The number of hydrogen-bond acceptors (Lipinski definition) is 3. The van der Waals surface area contributed by atoms with Gasteiger partial charge in [-0.15, -0.1) is 0 Å². The molecule has 0 aliphatic carbocycles. The molecule has 0 radical (unpaired) electrons. The molecule has 1 amide bonds. The van der Waals surface area contributed by atoms with E-state index in [-0.39, 0.29) is 17.6 Å². The Morgan fingerprint density at radius 1 is 1.21 bits per heavy atom. The van der Waals surface area contributed by atoms with E-state index in [2.05, 4.69) is 17.4 Å². The fourth-order valence-electron chi connectivity index (χ4n) is 3.13. The summed E-state index contributed by atoms with van der Waals surface area (Å²) in [5.41, 5.74) is 1.56. The number of rotatable bonds is 5. The van der Waals surface area contributed by atoms with Crippen LogP contribution in [-0.4, -0.2) is 30.0 Å². The summed E-state index contributed by atoms with van der Waals surface area (Å²) < 4.78 is 0. The van der Waals surface area contributed by atoms with Crippen LogP contribution in [0.5, 0.6) is 0 Å². The van der Waals surface area contributed by atoms with Crippen LogP contribution in [0.2, 0.25) is 0 Å². The maximum absolute atomic E-state index is 12.3. The van der Waals surface area contributed by atoms with Crippen LogP contribution in [0.4, 0.5) is 5.69 Å². The fraction of sp³-hybridized carbons (Fsp3) is 0.278. The molecule has 24 heavy (non-hydrogen) atoms. The van der Waals surface area contributed by atoms with Gasteiger partial charge in [0.05, 0.1) is 24.1 Å². The SMILES string of the molecule is O=C(N[C@@H]1CC[NH+](Cc2ccccc2)C1)c1cccc([N+](=O)[O-])c1. The molecule has 1 unspecified atom stereocenters. The number of likely N-dealkylation sites (tertiary alicyclic amines) is 1. The standard InChI is InChI=1S/C18H19N3O3/c22-18(15-7-4-8-17(11-15)21(23)24)19-16-9-10-20(13-16)12-14-5-2-1-3-6-14/h1-8,11,16H,9-10,12-13H2,(H,19,22)/p+1/t16-/m1/s1.